The topological polar surface area (TPSA) is 55.1 Å². The fraction of sp³-hybridized carbons (Fsp3) is 0.154. The van der Waals surface area contributed by atoms with Crippen molar-refractivity contribution < 1.29 is 4.79 Å². The first-order valence-corrected chi connectivity index (χ1v) is 7.63. The van der Waals surface area contributed by atoms with Crippen LogP contribution >= 0.6 is 38.9 Å². The lowest BCUT2D eigenvalue weighted by atomic mass is 10.1. The number of carbonyl (C=O) groups is 1. The molecule has 0 aliphatic rings. The Labute approximate surface area is 128 Å². The maximum absolute atomic E-state index is 11.6. The largest absolute Gasteiger partial charge is 0.368 e. The molecule has 1 unspecified atom stereocenters. The highest BCUT2D eigenvalue weighted by Crippen LogP contribution is 2.26. The second-order valence-corrected chi connectivity index (χ2v) is 6.26. The minimum absolute atomic E-state index is 0.421. The highest BCUT2D eigenvalue weighted by atomic mass is 79.9. The Bertz CT molecular complexity index is 574. The molecule has 1 atom stereocenters. The molecule has 0 saturated heterocycles. The predicted molar refractivity (Wildman–Crippen MR) is 82.2 cm³/mol. The summed E-state index contributed by atoms with van der Waals surface area (Å²) in [6, 6.07) is 8.80. The van der Waals surface area contributed by atoms with Gasteiger partial charge in [0.15, 0.2) is 0 Å². The number of nitrogens with two attached hydrogens (primary N) is 1. The van der Waals surface area contributed by atoms with Crippen molar-refractivity contribution in [1.82, 2.24) is 5.32 Å². The van der Waals surface area contributed by atoms with Crippen LogP contribution in [-0.2, 0) is 11.3 Å². The Balaban J connectivity index is 2.15. The lowest BCUT2D eigenvalue weighted by Crippen LogP contribution is -2.33. The second-order valence-electron chi connectivity index (χ2n) is 3.97. The predicted octanol–water partition coefficient (Wildman–Crippen LogP) is 3.48. The molecule has 0 aliphatic heterocycles. The van der Waals surface area contributed by atoms with E-state index < -0.39 is 11.9 Å². The number of primary amides is 1. The van der Waals surface area contributed by atoms with E-state index in [1.54, 1.807) is 23.5 Å². The van der Waals surface area contributed by atoms with Crippen LogP contribution in [0.4, 0.5) is 0 Å². The molecule has 0 fully saturated rings. The Morgan fingerprint density at radius 3 is 2.84 bits per heavy atom. The van der Waals surface area contributed by atoms with Crippen LogP contribution in [-0.4, -0.2) is 5.91 Å². The van der Waals surface area contributed by atoms with Gasteiger partial charge < -0.3 is 5.73 Å². The van der Waals surface area contributed by atoms with Crippen LogP contribution in [0.3, 0.4) is 0 Å². The fourth-order valence-electron chi connectivity index (χ4n) is 1.69. The van der Waals surface area contributed by atoms with Crippen LogP contribution in [0.2, 0.25) is 5.02 Å². The molecule has 0 saturated carbocycles. The first-order valence-electron chi connectivity index (χ1n) is 5.58. The third-order valence-electron chi connectivity index (χ3n) is 2.62. The van der Waals surface area contributed by atoms with E-state index in [1.165, 1.54) is 0 Å². The van der Waals surface area contributed by atoms with E-state index in [9.17, 15) is 4.79 Å². The van der Waals surface area contributed by atoms with Gasteiger partial charge in [0.05, 0.1) is 5.02 Å². The molecule has 6 heteroatoms. The van der Waals surface area contributed by atoms with Crippen molar-refractivity contribution in [3.05, 3.63) is 55.6 Å². The zero-order valence-electron chi connectivity index (χ0n) is 9.90. The summed E-state index contributed by atoms with van der Waals surface area (Å²) in [5.41, 5.74) is 6.20. The van der Waals surface area contributed by atoms with Crippen LogP contribution in [0.25, 0.3) is 0 Å². The van der Waals surface area contributed by atoms with E-state index in [4.69, 9.17) is 17.3 Å². The number of carbonyl (C=O) groups excluding carboxylic acids is 1. The Kier molecular flexibility index (Phi) is 4.99. The van der Waals surface area contributed by atoms with Crippen molar-refractivity contribution in [2.75, 3.05) is 0 Å². The molecule has 2 aromatic rings. The molecular weight excluding hydrogens is 348 g/mol. The third-order valence-corrected chi connectivity index (χ3v) is 4.73. The molecule has 0 spiro atoms. The molecule has 3 nitrogen and oxygen atoms in total. The first-order chi connectivity index (χ1) is 9.08. The monoisotopic (exact) mass is 358 g/mol. The average molecular weight is 360 g/mol. The Morgan fingerprint density at radius 1 is 1.47 bits per heavy atom. The minimum Gasteiger partial charge on any atom is -0.368 e. The van der Waals surface area contributed by atoms with Gasteiger partial charge in [-0.1, -0.05) is 23.7 Å². The molecule has 0 radical (unpaired) electrons. The van der Waals surface area contributed by atoms with Crippen LogP contribution in [0.1, 0.15) is 16.5 Å². The molecule has 19 heavy (non-hydrogen) atoms. The lowest BCUT2D eigenvalue weighted by molar-refractivity contribution is -0.120. The van der Waals surface area contributed by atoms with Gasteiger partial charge in [0, 0.05) is 15.9 Å². The molecule has 100 valence electrons. The van der Waals surface area contributed by atoms with E-state index in [-0.39, 0.29) is 0 Å². The summed E-state index contributed by atoms with van der Waals surface area (Å²) in [7, 11) is 0. The molecule has 0 aliphatic carbocycles. The van der Waals surface area contributed by atoms with Crippen molar-refractivity contribution in [3.63, 3.8) is 0 Å². The van der Waals surface area contributed by atoms with Gasteiger partial charge >= 0.3 is 0 Å². The summed E-state index contributed by atoms with van der Waals surface area (Å²) in [5, 5.41) is 5.70. The van der Waals surface area contributed by atoms with Crippen LogP contribution in [0, 0.1) is 0 Å². The smallest absolute Gasteiger partial charge is 0.239 e. The molecule has 1 aromatic heterocycles. The van der Waals surface area contributed by atoms with Crippen LogP contribution in [0.15, 0.2) is 40.2 Å². The van der Waals surface area contributed by atoms with E-state index in [0.29, 0.717) is 11.6 Å². The van der Waals surface area contributed by atoms with Gasteiger partial charge in [0.1, 0.15) is 6.04 Å². The van der Waals surface area contributed by atoms with E-state index in [2.05, 4.69) is 21.2 Å². The van der Waals surface area contributed by atoms with Gasteiger partial charge in [-0.3, -0.25) is 10.1 Å². The molecule has 1 amide bonds. The van der Waals surface area contributed by atoms with Crippen molar-refractivity contribution >= 4 is 44.8 Å². The minimum atomic E-state index is -0.548. The van der Waals surface area contributed by atoms with Crippen molar-refractivity contribution in [2.24, 2.45) is 5.73 Å². The quantitative estimate of drug-likeness (QED) is 0.858. The zero-order valence-corrected chi connectivity index (χ0v) is 13.1. The summed E-state index contributed by atoms with van der Waals surface area (Å²) in [5.74, 6) is -0.421. The van der Waals surface area contributed by atoms with Gasteiger partial charge in [-0.15, -0.1) is 11.3 Å². The number of nitrogens with one attached hydrogen (secondary N) is 1. The zero-order chi connectivity index (χ0) is 13.8. The SMILES string of the molecule is NC(=O)C(NCc1cccs1)c1ccc(Br)c(Cl)c1. The third kappa shape index (κ3) is 3.79. The summed E-state index contributed by atoms with van der Waals surface area (Å²) < 4.78 is 0.791. The molecule has 1 aromatic carbocycles. The Morgan fingerprint density at radius 2 is 2.26 bits per heavy atom. The van der Waals surface area contributed by atoms with Gasteiger partial charge in [0.2, 0.25) is 5.91 Å². The van der Waals surface area contributed by atoms with Crippen molar-refractivity contribution in [1.29, 1.82) is 0 Å². The summed E-state index contributed by atoms with van der Waals surface area (Å²) in [6.07, 6.45) is 0. The lowest BCUT2D eigenvalue weighted by Gasteiger charge is -2.16. The second kappa shape index (κ2) is 6.52. The fourth-order valence-corrected chi connectivity index (χ4v) is 2.78. The van der Waals surface area contributed by atoms with E-state index in [1.807, 2.05) is 23.6 Å². The molecule has 0 bridgehead atoms. The molecular formula is C13H12BrClN2OS. The maximum Gasteiger partial charge on any atom is 0.239 e. The summed E-state index contributed by atoms with van der Waals surface area (Å²) >= 11 is 11.0. The Hall–Kier alpha value is -0.880. The summed E-state index contributed by atoms with van der Waals surface area (Å²) in [4.78, 5) is 12.7. The maximum atomic E-state index is 11.6. The molecule has 2 rings (SSSR count). The standard InChI is InChI=1S/C13H12BrClN2OS/c14-10-4-3-8(6-11(10)15)12(13(16)18)17-7-9-2-1-5-19-9/h1-6,12,17H,7H2,(H2,16,18). The number of thiophene rings is 1. The number of hydrogen-bond donors (Lipinski definition) is 2. The van der Waals surface area contributed by atoms with Crippen LogP contribution < -0.4 is 11.1 Å². The highest BCUT2D eigenvalue weighted by molar-refractivity contribution is 9.10. The van der Waals surface area contributed by atoms with Gasteiger partial charge in [-0.05, 0) is 45.1 Å². The number of amides is 1. The number of benzene rings is 1. The molecule has 1 heterocycles. The van der Waals surface area contributed by atoms with Gasteiger partial charge in [0.25, 0.3) is 0 Å². The average Bonchev–Trinajstić information content (AvgIpc) is 2.86. The number of halogens is 2. The summed E-state index contributed by atoms with van der Waals surface area (Å²) in [6.45, 7) is 0.596. The van der Waals surface area contributed by atoms with Crippen molar-refractivity contribution in [2.45, 2.75) is 12.6 Å². The molecule has 3 N–H and O–H groups in total. The normalized spacial score (nSPS) is 12.3. The van der Waals surface area contributed by atoms with Crippen molar-refractivity contribution in [3.8, 4) is 0 Å². The van der Waals surface area contributed by atoms with E-state index >= 15 is 0 Å². The highest BCUT2D eigenvalue weighted by Gasteiger charge is 2.18. The number of hydrogen-bond acceptors (Lipinski definition) is 3. The van der Waals surface area contributed by atoms with Gasteiger partial charge in [-0.2, -0.15) is 0 Å². The van der Waals surface area contributed by atoms with Crippen LogP contribution in [0.5, 0.6) is 0 Å². The van der Waals surface area contributed by atoms with Gasteiger partial charge in [-0.25, -0.2) is 0 Å². The van der Waals surface area contributed by atoms with E-state index in [0.717, 1.165) is 14.9 Å². The number of rotatable bonds is 5. The first kappa shape index (κ1) is 14.5.